The maximum absolute atomic E-state index is 13.2. The van der Waals surface area contributed by atoms with Crippen molar-refractivity contribution in [2.24, 2.45) is 11.8 Å². The number of piperidine rings is 3. The van der Waals surface area contributed by atoms with E-state index in [1.54, 1.807) is 7.11 Å². The number of rotatable bonds is 2. The van der Waals surface area contributed by atoms with Crippen LogP contribution in [0.2, 0.25) is 0 Å². The summed E-state index contributed by atoms with van der Waals surface area (Å²) in [6.45, 7) is 3.26. The minimum Gasteiger partial charge on any atom is -0.497 e. The van der Waals surface area contributed by atoms with E-state index in [0.29, 0.717) is 11.8 Å². The van der Waals surface area contributed by atoms with E-state index in [9.17, 15) is 4.79 Å². The van der Waals surface area contributed by atoms with Gasteiger partial charge in [-0.1, -0.05) is 18.1 Å². The number of amides is 2. The number of nitrogens with one attached hydrogen (secondary N) is 1. The number of hydrogen-bond donors (Lipinski definition) is 1. The Balaban J connectivity index is 1.35. The molecule has 1 N–H and O–H groups in total. The van der Waals surface area contributed by atoms with Crippen LogP contribution < -0.4 is 10.1 Å². The molecule has 3 heterocycles. The van der Waals surface area contributed by atoms with Gasteiger partial charge in [0, 0.05) is 24.8 Å². The minimum absolute atomic E-state index is 0.0417. The van der Waals surface area contributed by atoms with Gasteiger partial charge in [-0.3, -0.25) is 4.90 Å². The number of urea groups is 1. The molecule has 0 saturated carbocycles. The van der Waals surface area contributed by atoms with Gasteiger partial charge in [0.05, 0.1) is 13.2 Å². The molecule has 4 aliphatic rings. The molecule has 5 heteroatoms. The molecule has 3 saturated heterocycles. The fourth-order valence-corrected chi connectivity index (χ4v) is 6.07. The fourth-order valence-electron chi connectivity index (χ4n) is 6.07. The van der Waals surface area contributed by atoms with Crippen molar-refractivity contribution in [1.29, 1.82) is 0 Å². The molecule has 0 aromatic heterocycles. The number of fused-ring (bicyclic) bond motifs is 6. The number of anilines is 1. The molecular weight excluding hydrogens is 350 g/mol. The lowest BCUT2D eigenvalue weighted by molar-refractivity contribution is 0.00908. The second-order valence-electron chi connectivity index (χ2n) is 8.86. The zero-order valence-corrected chi connectivity index (χ0v) is 16.8. The van der Waals surface area contributed by atoms with Crippen LogP contribution in [0, 0.1) is 11.8 Å². The number of hydrogen-bond acceptors (Lipinski definition) is 3. The van der Waals surface area contributed by atoms with Crippen molar-refractivity contribution in [2.75, 3.05) is 32.1 Å². The molecule has 0 spiro atoms. The third-order valence-corrected chi connectivity index (χ3v) is 7.26. The lowest BCUT2D eigenvalue weighted by Gasteiger charge is -2.54. The predicted octanol–water partition coefficient (Wildman–Crippen LogP) is 4.12. The number of carbonyl (C=O) groups is 1. The SMILES string of the molecule is COc1ccc(NC(=O)N2CCCC3=C[C@H]4C[C@H](CN5CCCC[C@H]45)[C@@H]32)cc1. The maximum atomic E-state index is 13.2. The van der Waals surface area contributed by atoms with E-state index in [2.05, 4.69) is 21.2 Å². The lowest BCUT2D eigenvalue weighted by atomic mass is 9.68. The van der Waals surface area contributed by atoms with Crippen LogP contribution in [0.5, 0.6) is 5.75 Å². The van der Waals surface area contributed by atoms with E-state index in [4.69, 9.17) is 4.74 Å². The molecule has 28 heavy (non-hydrogen) atoms. The molecule has 1 aromatic carbocycles. The lowest BCUT2D eigenvalue weighted by Crippen LogP contribution is -2.60. The summed E-state index contributed by atoms with van der Waals surface area (Å²) in [4.78, 5) is 18.0. The van der Waals surface area contributed by atoms with Crippen LogP contribution in [0.3, 0.4) is 0 Å². The van der Waals surface area contributed by atoms with Crippen molar-refractivity contribution in [1.82, 2.24) is 9.80 Å². The summed E-state index contributed by atoms with van der Waals surface area (Å²) in [5, 5.41) is 3.12. The number of benzene rings is 1. The number of carbonyl (C=O) groups excluding carboxylic acids is 1. The van der Waals surface area contributed by atoms with Gasteiger partial charge >= 0.3 is 6.03 Å². The Kier molecular flexibility index (Phi) is 4.79. The van der Waals surface area contributed by atoms with E-state index in [0.717, 1.165) is 43.4 Å². The minimum atomic E-state index is 0.0417. The van der Waals surface area contributed by atoms with Gasteiger partial charge < -0.3 is 15.0 Å². The maximum Gasteiger partial charge on any atom is 0.322 e. The molecule has 3 aliphatic heterocycles. The second-order valence-corrected chi connectivity index (χ2v) is 8.86. The summed E-state index contributed by atoms with van der Waals surface area (Å²) < 4.78 is 5.21. The highest BCUT2D eigenvalue weighted by atomic mass is 16.5. The van der Waals surface area contributed by atoms with Gasteiger partial charge in [-0.2, -0.15) is 0 Å². The Morgan fingerprint density at radius 1 is 1.14 bits per heavy atom. The van der Waals surface area contributed by atoms with Crippen molar-refractivity contribution in [3.8, 4) is 5.75 Å². The first-order valence-corrected chi connectivity index (χ1v) is 10.9. The van der Waals surface area contributed by atoms with E-state index in [-0.39, 0.29) is 12.1 Å². The van der Waals surface area contributed by atoms with Gasteiger partial charge in [0.15, 0.2) is 0 Å². The highest BCUT2D eigenvalue weighted by molar-refractivity contribution is 5.90. The smallest absolute Gasteiger partial charge is 0.322 e. The summed E-state index contributed by atoms with van der Waals surface area (Å²) in [5.74, 6) is 2.09. The third kappa shape index (κ3) is 3.20. The average molecular weight is 382 g/mol. The molecule has 1 aliphatic carbocycles. The van der Waals surface area contributed by atoms with Crippen molar-refractivity contribution in [2.45, 2.75) is 50.6 Å². The Bertz CT molecular complexity index is 760. The van der Waals surface area contributed by atoms with Gasteiger partial charge in [0.25, 0.3) is 0 Å². The Hall–Kier alpha value is -2.01. The quantitative estimate of drug-likeness (QED) is 0.784. The molecular formula is C23H31N3O2. The van der Waals surface area contributed by atoms with Crippen LogP contribution in [0.4, 0.5) is 10.5 Å². The molecule has 2 amide bonds. The van der Waals surface area contributed by atoms with Gasteiger partial charge in [0.1, 0.15) is 5.75 Å². The molecule has 5 rings (SSSR count). The standard InChI is InChI=1S/C23H31N3O2/c1-28-20-9-7-19(8-10-20)24-23(27)26-12-4-5-16-13-17-14-18(22(16)26)15-25-11-3-2-6-21(17)25/h7-10,13,17-18,21-22H,2-6,11-12,14-15H2,1H3,(H,24,27)/t17-,18+,21+,22+/m0/s1. The largest absolute Gasteiger partial charge is 0.497 e. The summed E-state index contributed by atoms with van der Waals surface area (Å²) >= 11 is 0. The normalized spacial score (nSPS) is 32.0. The monoisotopic (exact) mass is 381 g/mol. The van der Waals surface area contributed by atoms with Gasteiger partial charge in [-0.05, 0) is 74.8 Å². The number of methoxy groups -OCH3 is 1. The van der Waals surface area contributed by atoms with Crippen molar-refractivity contribution < 1.29 is 9.53 Å². The Labute approximate surface area is 167 Å². The van der Waals surface area contributed by atoms with Gasteiger partial charge in [-0.25, -0.2) is 4.79 Å². The molecule has 0 unspecified atom stereocenters. The van der Waals surface area contributed by atoms with Gasteiger partial charge in [0.2, 0.25) is 0 Å². The third-order valence-electron chi connectivity index (χ3n) is 7.26. The molecule has 0 radical (unpaired) electrons. The number of likely N-dealkylation sites (tertiary alicyclic amines) is 1. The predicted molar refractivity (Wildman–Crippen MR) is 111 cm³/mol. The van der Waals surface area contributed by atoms with Gasteiger partial charge in [-0.15, -0.1) is 0 Å². The van der Waals surface area contributed by atoms with Crippen molar-refractivity contribution in [3.05, 3.63) is 35.9 Å². The van der Waals surface area contributed by atoms with Crippen LogP contribution in [0.1, 0.15) is 38.5 Å². The highest BCUT2D eigenvalue weighted by Gasteiger charge is 2.46. The topological polar surface area (TPSA) is 44.8 Å². The van der Waals surface area contributed by atoms with Crippen LogP contribution in [-0.2, 0) is 0 Å². The molecule has 150 valence electrons. The molecule has 1 aromatic rings. The van der Waals surface area contributed by atoms with Crippen molar-refractivity contribution >= 4 is 11.7 Å². The summed E-state index contributed by atoms with van der Waals surface area (Å²) in [7, 11) is 1.66. The molecule has 2 bridgehead atoms. The summed E-state index contributed by atoms with van der Waals surface area (Å²) in [6.07, 6.45) is 10.1. The first-order valence-electron chi connectivity index (χ1n) is 10.9. The average Bonchev–Trinajstić information content (AvgIpc) is 2.74. The molecule has 4 atom stereocenters. The Morgan fingerprint density at radius 2 is 2.00 bits per heavy atom. The van der Waals surface area contributed by atoms with Crippen LogP contribution in [0.15, 0.2) is 35.9 Å². The number of ether oxygens (including phenoxy) is 1. The summed E-state index contributed by atoms with van der Waals surface area (Å²) in [6, 6.07) is 8.67. The van der Waals surface area contributed by atoms with E-state index in [1.165, 1.54) is 37.8 Å². The molecule has 3 fully saturated rings. The van der Waals surface area contributed by atoms with E-state index < -0.39 is 0 Å². The fraction of sp³-hybridized carbons (Fsp3) is 0.609. The summed E-state index contributed by atoms with van der Waals surface area (Å²) in [5.41, 5.74) is 2.36. The number of nitrogens with zero attached hydrogens (tertiary/aromatic N) is 2. The zero-order chi connectivity index (χ0) is 19.1. The Morgan fingerprint density at radius 3 is 2.82 bits per heavy atom. The van der Waals surface area contributed by atoms with Crippen LogP contribution in [-0.4, -0.2) is 54.7 Å². The van der Waals surface area contributed by atoms with E-state index in [1.807, 2.05) is 24.3 Å². The van der Waals surface area contributed by atoms with Crippen molar-refractivity contribution in [3.63, 3.8) is 0 Å². The van der Waals surface area contributed by atoms with Crippen LogP contribution in [0.25, 0.3) is 0 Å². The first-order chi connectivity index (χ1) is 13.7. The van der Waals surface area contributed by atoms with E-state index >= 15 is 0 Å². The second kappa shape index (κ2) is 7.43. The highest BCUT2D eigenvalue weighted by Crippen LogP contribution is 2.45. The molecule has 5 nitrogen and oxygen atoms in total. The zero-order valence-electron chi connectivity index (χ0n) is 16.8. The first kappa shape index (κ1) is 18.0. The van der Waals surface area contributed by atoms with Crippen LogP contribution >= 0.6 is 0 Å².